The zero-order valence-corrected chi connectivity index (χ0v) is 21.8. The first kappa shape index (κ1) is 28.9. The molecular weight excluding hydrogens is 566 g/mol. The summed E-state index contributed by atoms with van der Waals surface area (Å²) in [5, 5.41) is 19.8. The summed E-state index contributed by atoms with van der Waals surface area (Å²) in [6, 6.07) is 13.5. The average Bonchev–Trinajstić information content (AvgIpc) is 3.64. The Morgan fingerprint density at radius 1 is 0.929 bits per heavy atom. The van der Waals surface area contributed by atoms with Crippen molar-refractivity contribution in [3.63, 3.8) is 0 Å². The molecule has 2 aromatic heterocycles. The maximum absolute atomic E-state index is 14.8. The van der Waals surface area contributed by atoms with Gasteiger partial charge in [0.1, 0.15) is 59.5 Å². The van der Waals surface area contributed by atoms with Crippen molar-refractivity contribution in [2.75, 3.05) is 0 Å². The molecule has 0 aliphatic heterocycles. The average molecular weight is 589 g/mol. The second kappa shape index (κ2) is 11.3. The lowest BCUT2D eigenvalue weighted by Gasteiger charge is -2.33. The highest BCUT2D eigenvalue weighted by Crippen LogP contribution is 2.41. The van der Waals surface area contributed by atoms with Crippen molar-refractivity contribution >= 4 is 0 Å². The number of hydrogen-bond donors (Lipinski definition) is 1. The summed E-state index contributed by atoms with van der Waals surface area (Å²) in [7, 11) is 0. The molecule has 0 fully saturated rings. The summed E-state index contributed by atoms with van der Waals surface area (Å²) in [5.41, 5.74) is -2.39. The molecule has 0 bridgehead atoms. The molecule has 0 unspecified atom stereocenters. The first-order chi connectivity index (χ1) is 19.9. The molecule has 2 atom stereocenters. The molecule has 5 aromatic rings. The number of ether oxygens (including phenoxy) is 1. The summed E-state index contributed by atoms with van der Waals surface area (Å²) >= 11 is 0. The second-order valence-corrected chi connectivity index (χ2v) is 9.60. The Bertz CT molecular complexity index is 1670. The molecule has 2 heterocycles. The summed E-state index contributed by atoms with van der Waals surface area (Å²) in [4.78, 5) is 3.85. The van der Waals surface area contributed by atoms with E-state index >= 15 is 0 Å². The van der Waals surface area contributed by atoms with Gasteiger partial charge in [0, 0.05) is 23.3 Å². The predicted molar refractivity (Wildman–Crippen MR) is 136 cm³/mol. The number of hydrogen-bond acceptors (Lipinski definition) is 6. The second-order valence-electron chi connectivity index (χ2n) is 9.60. The van der Waals surface area contributed by atoms with Crippen LogP contribution in [0.2, 0.25) is 0 Å². The minimum absolute atomic E-state index is 0.138. The number of halogens is 6. The molecule has 0 amide bonds. The van der Waals surface area contributed by atoms with Crippen LogP contribution in [0.3, 0.4) is 0 Å². The van der Waals surface area contributed by atoms with E-state index in [2.05, 4.69) is 15.2 Å². The fourth-order valence-electron chi connectivity index (χ4n) is 4.49. The Kier molecular flexibility index (Phi) is 7.78. The van der Waals surface area contributed by atoms with Crippen molar-refractivity contribution in [1.82, 2.24) is 19.9 Å². The van der Waals surface area contributed by atoms with E-state index in [4.69, 9.17) is 9.26 Å². The number of aromatic nitrogens is 4. The number of nitrogens with zero attached hydrogens (tertiary/aromatic N) is 4. The molecule has 218 valence electrons. The topological polar surface area (TPSA) is 86.2 Å². The maximum atomic E-state index is 14.8. The molecular formula is C29H22F6N4O3. The van der Waals surface area contributed by atoms with Crippen LogP contribution in [0, 0.1) is 17.5 Å². The van der Waals surface area contributed by atoms with Gasteiger partial charge in [-0.25, -0.2) is 22.8 Å². The summed E-state index contributed by atoms with van der Waals surface area (Å²) < 4.78 is 93.3. The number of rotatable bonds is 9. The Morgan fingerprint density at radius 2 is 1.69 bits per heavy atom. The fraction of sp³-hybridized carbons (Fsp3) is 0.207. The van der Waals surface area contributed by atoms with Crippen LogP contribution >= 0.6 is 0 Å². The van der Waals surface area contributed by atoms with Crippen LogP contribution < -0.4 is 4.74 Å². The van der Waals surface area contributed by atoms with Gasteiger partial charge < -0.3 is 14.4 Å². The van der Waals surface area contributed by atoms with Crippen molar-refractivity contribution in [2.24, 2.45) is 0 Å². The van der Waals surface area contributed by atoms with Crippen molar-refractivity contribution < 1.29 is 40.7 Å². The van der Waals surface area contributed by atoms with Gasteiger partial charge >= 0.3 is 6.18 Å². The molecule has 42 heavy (non-hydrogen) atoms. The molecule has 0 spiro atoms. The van der Waals surface area contributed by atoms with Gasteiger partial charge in [-0.05, 0) is 48.0 Å². The Labute approximate surface area is 235 Å². The molecule has 0 aliphatic rings. The van der Waals surface area contributed by atoms with Crippen LogP contribution in [0.25, 0.3) is 11.3 Å². The Balaban J connectivity index is 1.34. The zero-order chi connectivity index (χ0) is 30.1. The van der Waals surface area contributed by atoms with Crippen molar-refractivity contribution in [3.05, 3.63) is 119 Å². The van der Waals surface area contributed by atoms with E-state index in [-0.39, 0.29) is 30.0 Å². The molecule has 5 rings (SSSR count). The lowest BCUT2D eigenvalue weighted by molar-refractivity contribution is -0.140. The smallest absolute Gasteiger partial charge is 0.419 e. The first-order valence-corrected chi connectivity index (χ1v) is 12.5. The lowest BCUT2D eigenvalue weighted by Crippen LogP contribution is -2.38. The van der Waals surface area contributed by atoms with E-state index in [9.17, 15) is 31.4 Å². The van der Waals surface area contributed by atoms with E-state index in [0.717, 1.165) is 18.2 Å². The van der Waals surface area contributed by atoms with E-state index in [1.54, 1.807) is 37.3 Å². The largest absolute Gasteiger partial charge is 0.489 e. The number of aliphatic hydroxyl groups is 1. The van der Waals surface area contributed by atoms with E-state index in [1.165, 1.54) is 23.4 Å². The van der Waals surface area contributed by atoms with Crippen LogP contribution in [-0.4, -0.2) is 25.0 Å². The van der Waals surface area contributed by atoms with Crippen molar-refractivity contribution in [2.45, 2.75) is 37.8 Å². The lowest BCUT2D eigenvalue weighted by atomic mass is 9.80. The Morgan fingerprint density at radius 3 is 2.36 bits per heavy atom. The van der Waals surface area contributed by atoms with Gasteiger partial charge in [0.25, 0.3) is 0 Å². The minimum atomic E-state index is -4.82. The van der Waals surface area contributed by atoms with E-state index < -0.39 is 40.7 Å². The van der Waals surface area contributed by atoms with Crippen LogP contribution in [0.5, 0.6) is 5.75 Å². The highest BCUT2D eigenvalue weighted by atomic mass is 19.4. The SMILES string of the molecule is C[C@@H](c1cc(-c2ccc(OCc3ccc(F)c(C(F)(F)F)c3)cc2)no1)[C@](O)(Cn1cncn1)c1ccc(F)cc1F. The molecule has 3 aromatic carbocycles. The fourth-order valence-corrected chi connectivity index (χ4v) is 4.49. The molecule has 0 saturated carbocycles. The van der Waals surface area contributed by atoms with Gasteiger partial charge in [-0.3, -0.25) is 0 Å². The van der Waals surface area contributed by atoms with Gasteiger partial charge in [0.2, 0.25) is 0 Å². The van der Waals surface area contributed by atoms with Gasteiger partial charge in [-0.15, -0.1) is 0 Å². The molecule has 0 saturated heterocycles. The van der Waals surface area contributed by atoms with Crippen LogP contribution in [-0.2, 0) is 24.9 Å². The number of benzene rings is 3. The standard InChI is InChI=1S/C29H22F6N4O3/c1-17(28(40,14-39-16-36-15-37-39)22-8-5-20(30)11-25(22)32)27-12-26(38-42-27)19-3-6-21(7-4-19)41-13-18-2-9-24(31)23(10-18)29(33,34)35/h2-12,15-17,40H,13-14H2,1H3/t17-,28+/m0/s1. The van der Waals surface area contributed by atoms with E-state index in [0.29, 0.717) is 29.1 Å². The molecule has 0 aliphatic carbocycles. The maximum Gasteiger partial charge on any atom is 0.419 e. The van der Waals surface area contributed by atoms with Gasteiger partial charge in [-0.2, -0.15) is 18.3 Å². The van der Waals surface area contributed by atoms with Gasteiger partial charge in [0.15, 0.2) is 0 Å². The molecule has 7 nitrogen and oxygen atoms in total. The van der Waals surface area contributed by atoms with Crippen molar-refractivity contribution in [3.8, 4) is 17.0 Å². The normalized spacial score (nSPS) is 14.0. The van der Waals surface area contributed by atoms with Crippen molar-refractivity contribution in [1.29, 1.82) is 0 Å². The third-order valence-electron chi connectivity index (χ3n) is 6.83. The van der Waals surface area contributed by atoms with E-state index in [1.807, 2.05) is 0 Å². The highest BCUT2D eigenvalue weighted by Gasteiger charge is 2.42. The van der Waals surface area contributed by atoms with Gasteiger partial charge in [-0.1, -0.05) is 24.2 Å². The van der Waals surface area contributed by atoms with Gasteiger partial charge in [0.05, 0.1) is 18.0 Å². The van der Waals surface area contributed by atoms with Crippen LogP contribution in [0.4, 0.5) is 26.3 Å². The highest BCUT2D eigenvalue weighted by molar-refractivity contribution is 5.60. The Hall–Kier alpha value is -4.65. The summed E-state index contributed by atoms with van der Waals surface area (Å²) in [6.07, 6.45) is -2.22. The van der Waals surface area contributed by atoms with Crippen LogP contribution in [0.1, 0.15) is 35.3 Å². The quantitative estimate of drug-likeness (QED) is 0.194. The minimum Gasteiger partial charge on any atom is -0.489 e. The molecule has 1 N–H and O–H groups in total. The monoisotopic (exact) mass is 588 g/mol. The predicted octanol–water partition coefficient (Wildman–Crippen LogP) is 6.64. The summed E-state index contributed by atoms with van der Waals surface area (Å²) in [6.45, 7) is 1.15. The third-order valence-corrected chi connectivity index (χ3v) is 6.83. The molecule has 13 heteroatoms. The summed E-state index contributed by atoms with van der Waals surface area (Å²) in [5.74, 6) is -3.46. The van der Waals surface area contributed by atoms with Crippen LogP contribution in [0.15, 0.2) is 83.9 Å². The molecule has 0 radical (unpaired) electrons. The third kappa shape index (κ3) is 6.00. The number of alkyl halides is 3. The first-order valence-electron chi connectivity index (χ1n) is 12.5. The zero-order valence-electron chi connectivity index (χ0n) is 21.8.